The number of fused-ring (bicyclic) bond motifs is 1. The van der Waals surface area contributed by atoms with Gasteiger partial charge < -0.3 is 14.4 Å². The predicted octanol–water partition coefficient (Wildman–Crippen LogP) is 2.46. The van der Waals surface area contributed by atoms with Crippen molar-refractivity contribution in [3.05, 3.63) is 23.5 Å². The van der Waals surface area contributed by atoms with Gasteiger partial charge in [-0.3, -0.25) is 0 Å². The van der Waals surface area contributed by atoms with Crippen molar-refractivity contribution in [2.45, 2.75) is 45.3 Å². The van der Waals surface area contributed by atoms with Crippen LogP contribution in [0.1, 0.15) is 50.1 Å². The molecule has 0 aromatic carbocycles. The molecule has 0 aliphatic heterocycles. The molecule has 1 aromatic heterocycles. The average molecular weight is 223 g/mol. The Hall–Kier alpha value is -0.800. The van der Waals surface area contributed by atoms with Crippen molar-refractivity contribution in [3.63, 3.8) is 0 Å². The molecule has 90 valence electrons. The first kappa shape index (κ1) is 11.7. The zero-order valence-electron chi connectivity index (χ0n) is 10.1. The fraction of sp³-hybridized carbons (Fsp3) is 0.692. The Morgan fingerprint density at radius 2 is 2.44 bits per heavy atom. The predicted molar refractivity (Wildman–Crippen MR) is 63.5 cm³/mol. The van der Waals surface area contributed by atoms with Crippen molar-refractivity contribution in [3.8, 4) is 0 Å². The average Bonchev–Trinajstić information content (AvgIpc) is 2.71. The monoisotopic (exact) mass is 223 g/mol. The number of nitrogens with zero attached hydrogens (tertiary/aromatic N) is 1. The maximum absolute atomic E-state index is 9.89. The minimum absolute atomic E-state index is 0.260. The van der Waals surface area contributed by atoms with Gasteiger partial charge in [-0.2, -0.15) is 0 Å². The summed E-state index contributed by atoms with van der Waals surface area (Å²) in [7, 11) is 0. The summed E-state index contributed by atoms with van der Waals surface area (Å²) in [5.74, 6) is 0. The Morgan fingerprint density at radius 1 is 1.62 bits per heavy atom. The largest absolute Gasteiger partial charge is 0.388 e. The van der Waals surface area contributed by atoms with Crippen LogP contribution in [-0.2, 0) is 11.2 Å². The molecule has 3 heteroatoms. The molecule has 3 nitrogen and oxygen atoms in total. The summed E-state index contributed by atoms with van der Waals surface area (Å²) in [5, 5.41) is 9.89. The number of aliphatic hydroxyl groups excluding tert-OH is 1. The molecule has 0 radical (unpaired) electrons. The van der Waals surface area contributed by atoms with E-state index in [1.54, 1.807) is 0 Å². The normalized spacial score (nSPS) is 21.8. The lowest BCUT2D eigenvalue weighted by Gasteiger charge is -2.23. The highest BCUT2D eigenvalue weighted by Gasteiger charge is 2.22. The van der Waals surface area contributed by atoms with Crippen LogP contribution >= 0.6 is 0 Å². The van der Waals surface area contributed by atoms with Crippen LogP contribution in [0.5, 0.6) is 0 Å². The molecule has 0 saturated heterocycles. The van der Waals surface area contributed by atoms with Gasteiger partial charge in [-0.05, 0) is 39.2 Å². The fourth-order valence-corrected chi connectivity index (χ4v) is 2.47. The van der Waals surface area contributed by atoms with E-state index >= 15 is 0 Å². The van der Waals surface area contributed by atoms with E-state index in [1.807, 2.05) is 6.92 Å². The summed E-state index contributed by atoms with van der Waals surface area (Å²) in [4.78, 5) is 0. The second kappa shape index (κ2) is 5.02. The summed E-state index contributed by atoms with van der Waals surface area (Å²) in [6, 6.07) is 2.41. The third-order valence-electron chi connectivity index (χ3n) is 3.35. The van der Waals surface area contributed by atoms with E-state index in [4.69, 9.17) is 4.74 Å². The Labute approximate surface area is 97.0 Å². The third kappa shape index (κ3) is 2.15. The van der Waals surface area contributed by atoms with Crippen LogP contribution in [0.25, 0.3) is 0 Å². The van der Waals surface area contributed by atoms with Gasteiger partial charge in [0.05, 0.1) is 18.8 Å². The highest BCUT2D eigenvalue weighted by atomic mass is 16.5. The summed E-state index contributed by atoms with van der Waals surface area (Å²) in [6.07, 6.45) is 4.89. The summed E-state index contributed by atoms with van der Waals surface area (Å²) in [6.45, 7) is 5.68. The molecule has 2 unspecified atom stereocenters. The standard InChI is InChI=1S/C13H21NO2/c1-3-16-9-10(2)14-8-7-11-12(14)5-4-6-13(11)15/h7-8,10,13,15H,3-6,9H2,1-2H3. The van der Waals surface area contributed by atoms with E-state index in [0.717, 1.165) is 38.0 Å². The Kier molecular flexibility index (Phi) is 3.66. The van der Waals surface area contributed by atoms with Gasteiger partial charge >= 0.3 is 0 Å². The number of rotatable bonds is 4. The van der Waals surface area contributed by atoms with E-state index < -0.39 is 0 Å². The van der Waals surface area contributed by atoms with Crippen LogP contribution in [0.3, 0.4) is 0 Å². The molecule has 16 heavy (non-hydrogen) atoms. The van der Waals surface area contributed by atoms with Crippen LogP contribution in [0, 0.1) is 0 Å². The van der Waals surface area contributed by atoms with Crippen molar-refractivity contribution in [2.75, 3.05) is 13.2 Å². The van der Waals surface area contributed by atoms with E-state index in [0.29, 0.717) is 6.04 Å². The molecule has 1 aliphatic rings. The Morgan fingerprint density at radius 3 is 3.19 bits per heavy atom. The number of aromatic nitrogens is 1. The maximum Gasteiger partial charge on any atom is 0.0807 e. The van der Waals surface area contributed by atoms with Crippen molar-refractivity contribution in [1.82, 2.24) is 4.57 Å². The zero-order valence-corrected chi connectivity index (χ0v) is 10.1. The van der Waals surface area contributed by atoms with E-state index in [2.05, 4.69) is 23.8 Å². The van der Waals surface area contributed by atoms with Gasteiger partial charge in [-0.1, -0.05) is 0 Å². The molecule has 1 aromatic rings. The van der Waals surface area contributed by atoms with Crippen molar-refractivity contribution < 1.29 is 9.84 Å². The first-order valence-corrected chi connectivity index (χ1v) is 6.19. The minimum atomic E-state index is -0.260. The SMILES string of the molecule is CCOCC(C)n1ccc2c1CCCC2O. The second-order valence-corrected chi connectivity index (χ2v) is 4.54. The number of hydrogen-bond donors (Lipinski definition) is 1. The molecule has 0 spiro atoms. The highest BCUT2D eigenvalue weighted by Crippen LogP contribution is 2.31. The zero-order chi connectivity index (χ0) is 11.5. The Balaban J connectivity index is 2.16. The molecular formula is C13H21NO2. The van der Waals surface area contributed by atoms with Crippen molar-refractivity contribution >= 4 is 0 Å². The summed E-state index contributed by atoms with van der Waals surface area (Å²) >= 11 is 0. The minimum Gasteiger partial charge on any atom is -0.388 e. The molecule has 0 bridgehead atoms. The Bertz CT molecular complexity index is 346. The molecule has 2 atom stereocenters. The van der Waals surface area contributed by atoms with Crippen LogP contribution in [0.2, 0.25) is 0 Å². The van der Waals surface area contributed by atoms with Crippen LogP contribution in [-0.4, -0.2) is 22.9 Å². The van der Waals surface area contributed by atoms with Gasteiger partial charge in [0.1, 0.15) is 0 Å². The summed E-state index contributed by atoms with van der Waals surface area (Å²) in [5.41, 5.74) is 2.42. The molecular weight excluding hydrogens is 202 g/mol. The topological polar surface area (TPSA) is 34.4 Å². The lowest BCUT2D eigenvalue weighted by molar-refractivity contribution is 0.116. The maximum atomic E-state index is 9.89. The fourth-order valence-electron chi connectivity index (χ4n) is 2.47. The van der Waals surface area contributed by atoms with Crippen LogP contribution in [0.15, 0.2) is 12.3 Å². The van der Waals surface area contributed by atoms with E-state index in [1.165, 1.54) is 5.69 Å². The molecule has 2 rings (SSSR count). The lowest BCUT2D eigenvalue weighted by Crippen LogP contribution is -2.17. The first-order valence-electron chi connectivity index (χ1n) is 6.19. The smallest absolute Gasteiger partial charge is 0.0807 e. The molecule has 1 aliphatic carbocycles. The number of hydrogen-bond acceptors (Lipinski definition) is 2. The lowest BCUT2D eigenvalue weighted by atomic mass is 9.95. The highest BCUT2D eigenvalue weighted by molar-refractivity contribution is 5.27. The van der Waals surface area contributed by atoms with Crippen molar-refractivity contribution in [2.24, 2.45) is 0 Å². The number of ether oxygens (including phenoxy) is 1. The molecule has 0 amide bonds. The van der Waals surface area contributed by atoms with E-state index in [-0.39, 0.29) is 6.10 Å². The van der Waals surface area contributed by atoms with Gasteiger partial charge in [0.2, 0.25) is 0 Å². The van der Waals surface area contributed by atoms with Gasteiger partial charge in [-0.25, -0.2) is 0 Å². The molecule has 1 N–H and O–H groups in total. The number of aliphatic hydroxyl groups is 1. The van der Waals surface area contributed by atoms with Gasteiger partial charge in [0, 0.05) is 24.1 Å². The summed E-state index contributed by atoms with van der Waals surface area (Å²) < 4.78 is 7.71. The van der Waals surface area contributed by atoms with Crippen molar-refractivity contribution in [1.29, 1.82) is 0 Å². The van der Waals surface area contributed by atoms with Crippen LogP contribution < -0.4 is 0 Å². The van der Waals surface area contributed by atoms with Gasteiger partial charge in [0.25, 0.3) is 0 Å². The van der Waals surface area contributed by atoms with Crippen LogP contribution in [0.4, 0.5) is 0 Å². The van der Waals surface area contributed by atoms with Gasteiger partial charge in [-0.15, -0.1) is 0 Å². The molecule has 0 saturated carbocycles. The van der Waals surface area contributed by atoms with E-state index in [9.17, 15) is 5.11 Å². The quantitative estimate of drug-likeness (QED) is 0.850. The molecule has 0 fully saturated rings. The molecule has 1 heterocycles. The third-order valence-corrected chi connectivity index (χ3v) is 3.35. The van der Waals surface area contributed by atoms with Gasteiger partial charge in [0.15, 0.2) is 0 Å². The first-order chi connectivity index (χ1) is 7.74. The second-order valence-electron chi connectivity index (χ2n) is 4.54.